The summed E-state index contributed by atoms with van der Waals surface area (Å²) >= 11 is 0. The van der Waals surface area contributed by atoms with Crippen LogP contribution in [0.5, 0.6) is 0 Å². The van der Waals surface area contributed by atoms with Crippen LogP contribution in [0, 0.1) is 13.8 Å². The molecule has 0 radical (unpaired) electrons. The number of fused-ring (bicyclic) bond motifs is 1. The zero-order chi connectivity index (χ0) is 7.14. The van der Waals surface area contributed by atoms with Gasteiger partial charge in [-0.25, -0.2) is 4.98 Å². The maximum atomic E-state index is 5.12. The second-order valence-electron chi connectivity index (χ2n) is 2.34. The molecular formula is C7H8N2O. The standard InChI is InChI=1S/C7H8N2O/c1-5-6(2)9-7(8-5)3-4-10-9/h3-4H,1-2H3. The molecule has 0 saturated heterocycles. The van der Waals surface area contributed by atoms with Crippen molar-refractivity contribution in [2.45, 2.75) is 13.8 Å². The number of aryl methyl sites for hydroxylation is 2. The van der Waals surface area contributed by atoms with Gasteiger partial charge in [-0.05, 0) is 13.8 Å². The van der Waals surface area contributed by atoms with Crippen molar-refractivity contribution in [3.05, 3.63) is 23.7 Å². The van der Waals surface area contributed by atoms with Gasteiger partial charge >= 0.3 is 0 Å². The molecule has 0 aliphatic rings. The van der Waals surface area contributed by atoms with Gasteiger partial charge in [0.1, 0.15) is 6.26 Å². The number of nitrogens with zero attached hydrogens (tertiary/aromatic N) is 2. The molecule has 2 aromatic rings. The number of aromatic nitrogens is 2. The molecule has 3 nitrogen and oxygen atoms in total. The van der Waals surface area contributed by atoms with Crippen LogP contribution in [0.25, 0.3) is 5.65 Å². The minimum absolute atomic E-state index is 0.884. The molecule has 10 heavy (non-hydrogen) atoms. The summed E-state index contributed by atoms with van der Waals surface area (Å²) < 4.78 is 6.84. The average Bonchev–Trinajstić information content (AvgIpc) is 2.41. The SMILES string of the molecule is Cc1nc2ccon2c1C. The third-order valence-corrected chi connectivity index (χ3v) is 1.70. The Morgan fingerprint density at radius 3 is 3.00 bits per heavy atom. The first-order valence-electron chi connectivity index (χ1n) is 3.18. The number of rotatable bonds is 0. The van der Waals surface area contributed by atoms with Gasteiger partial charge in [-0.15, -0.1) is 0 Å². The third kappa shape index (κ3) is 0.518. The Labute approximate surface area is 58.2 Å². The van der Waals surface area contributed by atoms with Gasteiger partial charge in [-0.1, -0.05) is 0 Å². The van der Waals surface area contributed by atoms with E-state index in [1.807, 2.05) is 19.9 Å². The van der Waals surface area contributed by atoms with E-state index in [-0.39, 0.29) is 0 Å². The summed E-state index contributed by atoms with van der Waals surface area (Å²) in [6.45, 7) is 3.96. The number of imidazole rings is 1. The lowest BCUT2D eigenvalue weighted by atomic mass is 10.4. The Hall–Kier alpha value is -1.25. The Bertz CT molecular complexity index is 358. The van der Waals surface area contributed by atoms with Crippen LogP contribution in [0.4, 0.5) is 0 Å². The molecule has 52 valence electrons. The zero-order valence-corrected chi connectivity index (χ0v) is 5.96. The Balaban J connectivity index is 2.95. The van der Waals surface area contributed by atoms with E-state index >= 15 is 0 Å². The van der Waals surface area contributed by atoms with Crippen molar-refractivity contribution >= 4 is 5.65 Å². The van der Waals surface area contributed by atoms with Crippen LogP contribution in [0.1, 0.15) is 11.4 Å². The van der Waals surface area contributed by atoms with Gasteiger partial charge in [0.2, 0.25) is 0 Å². The molecule has 0 N–H and O–H groups in total. The summed E-state index contributed by atoms with van der Waals surface area (Å²) in [4.78, 5) is 4.24. The van der Waals surface area contributed by atoms with Crippen LogP contribution >= 0.6 is 0 Å². The van der Waals surface area contributed by atoms with Crippen molar-refractivity contribution in [1.29, 1.82) is 0 Å². The second kappa shape index (κ2) is 1.62. The smallest absolute Gasteiger partial charge is 0.172 e. The van der Waals surface area contributed by atoms with E-state index < -0.39 is 0 Å². The van der Waals surface area contributed by atoms with Crippen LogP contribution in [0.15, 0.2) is 16.9 Å². The minimum atomic E-state index is 0.884. The fraction of sp³-hybridized carbons (Fsp3) is 0.286. The van der Waals surface area contributed by atoms with Gasteiger partial charge < -0.3 is 4.52 Å². The fourth-order valence-electron chi connectivity index (χ4n) is 1.01. The van der Waals surface area contributed by atoms with Crippen LogP contribution in [0.3, 0.4) is 0 Å². The molecule has 3 heteroatoms. The van der Waals surface area contributed by atoms with Crippen LogP contribution < -0.4 is 0 Å². The highest BCUT2D eigenvalue weighted by atomic mass is 16.5. The lowest BCUT2D eigenvalue weighted by Crippen LogP contribution is -1.80. The zero-order valence-electron chi connectivity index (χ0n) is 5.96. The Morgan fingerprint density at radius 1 is 1.50 bits per heavy atom. The molecular weight excluding hydrogens is 128 g/mol. The van der Waals surface area contributed by atoms with Crippen molar-refractivity contribution in [1.82, 2.24) is 9.56 Å². The average molecular weight is 136 g/mol. The van der Waals surface area contributed by atoms with Crippen molar-refractivity contribution in [2.24, 2.45) is 0 Å². The van der Waals surface area contributed by atoms with Crippen molar-refractivity contribution in [3.63, 3.8) is 0 Å². The van der Waals surface area contributed by atoms with E-state index in [0.717, 1.165) is 17.0 Å². The molecule has 0 amide bonds. The first kappa shape index (κ1) is 5.53. The van der Waals surface area contributed by atoms with Crippen molar-refractivity contribution in [3.8, 4) is 0 Å². The fourth-order valence-corrected chi connectivity index (χ4v) is 1.01. The molecule has 0 saturated carbocycles. The first-order valence-corrected chi connectivity index (χ1v) is 3.18. The molecule has 0 spiro atoms. The molecule has 2 heterocycles. The van der Waals surface area contributed by atoms with Crippen LogP contribution in [-0.4, -0.2) is 9.56 Å². The third-order valence-electron chi connectivity index (χ3n) is 1.70. The molecule has 0 bridgehead atoms. The van der Waals surface area contributed by atoms with E-state index in [1.165, 1.54) is 0 Å². The summed E-state index contributed by atoms with van der Waals surface area (Å²) in [6.07, 6.45) is 1.63. The second-order valence-corrected chi connectivity index (χ2v) is 2.34. The molecule has 0 atom stereocenters. The van der Waals surface area contributed by atoms with Crippen molar-refractivity contribution in [2.75, 3.05) is 0 Å². The predicted octanol–water partition coefficient (Wildman–Crippen LogP) is 1.54. The summed E-state index contributed by atoms with van der Waals surface area (Å²) in [5.41, 5.74) is 2.98. The highest BCUT2D eigenvalue weighted by Crippen LogP contribution is 2.09. The van der Waals surface area contributed by atoms with Crippen LogP contribution in [-0.2, 0) is 0 Å². The predicted molar refractivity (Wildman–Crippen MR) is 36.9 cm³/mol. The van der Waals surface area contributed by atoms with E-state index in [0.29, 0.717) is 0 Å². The monoisotopic (exact) mass is 136 g/mol. The minimum Gasteiger partial charge on any atom is -0.381 e. The Morgan fingerprint density at radius 2 is 2.30 bits per heavy atom. The molecule has 0 fully saturated rings. The highest BCUT2D eigenvalue weighted by molar-refractivity contribution is 5.39. The van der Waals surface area contributed by atoms with Gasteiger partial charge in [0.15, 0.2) is 5.65 Å². The molecule has 2 rings (SSSR count). The maximum absolute atomic E-state index is 5.12. The van der Waals surface area contributed by atoms with Gasteiger partial charge in [0, 0.05) is 6.07 Å². The highest BCUT2D eigenvalue weighted by Gasteiger charge is 2.04. The summed E-state index contributed by atoms with van der Waals surface area (Å²) in [7, 11) is 0. The quantitative estimate of drug-likeness (QED) is 0.550. The molecule has 0 aliphatic carbocycles. The van der Waals surface area contributed by atoms with E-state index in [2.05, 4.69) is 4.98 Å². The molecule has 0 aliphatic heterocycles. The lowest BCUT2D eigenvalue weighted by molar-refractivity contribution is 0.370. The summed E-state index contributed by atoms with van der Waals surface area (Å²) in [5, 5.41) is 0. The first-order chi connectivity index (χ1) is 4.79. The molecule has 0 aromatic carbocycles. The lowest BCUT2D eigenvalue weighted by Gasteiger charge is -1.85. The number of hydrogen-bond donors (Lipinski definition) is 0. The molecule has 0 unspecified atom stereocenters. The number of hydrogen-bond acceptors (Lipinski definition) is 2. The maximum Gasteiger partial charge on any atom is 0.172 e. The van der Waals surface area contributed by atoms with Crippen LogP contribution in [0.2, 0.25) is 0 Å². The normalized spacial score (nSPS) is 11.0. The van der Waals surface area contributed by atoms with Gasteiger partial charge in [0.05, 0.1) is 11.4 Å². The van der Waals surface area contributed by atoms with E-state index in [4.69, 9.17) is 4.52 Å². The topological polar surface area (TPSA) is 30.4 Å². The largest absolute Gasteiger partial charge is 0.381 e. The van der Waals surface area contributed by atoms with E-state index in [9.17, 15) is 0 Å². The van der Waals surface area contributed by atoms with Gasteiger partial charge in [-0.2, -0.15) is 4.57 Å². The van der Waals surface area contributed by atoms with Crippen molar-refractivity contribution < 1.29 is 4.52 Å². The van der Waals surface area contributed by atoms with E-state index in [1.54, 1.807) is 10.8 Å². The van der Waals surface area contributed by atoms with Gasteiger partial charge in [-0.3, -0.25) is 0 Å². The summed E-state index contributed by atoms with van der Waals surface area (Å²) in [5.74, 6) is 0. The van der Waals surface area contributed by atoms with Gasteiger partial charge in [0.25, 0.3) is 0 Å². The Kier molecular flexibility index (Phi) is 0.897. The molecule has 2 aromatic heterocycles. The summed E-state index contributed by atoms with van der Waals surface area (Å²) in [6, 6.07) is 1.85.